The number of ether oxygens (including phenoxy) is 1. The summed E-state index contributed by atoms with van der Waals surface area (Å²) in [6.07, 6.45) is 3.93. The number of alkyl halides is 1. The maximum absolute atomic E-state index is 15.2. The summed E-state index contributed by atoms with van der Waals surface area (Å²) in [6.45, 7) is 7.67. The minimum atomic E-state index is -3.90. The molecule has 0 unspecified atom stereocenters. The van der Waals surface area contributed by atoms with E-state index in [1.165, 1.54) is 18.2 Å². The van der Waals surface area contributed by atoms with E-state index in [9.17, 15) is 12.8 Å². The number of nitrogen functional groups attached to an aromatic ring is 1. The van der Waals surface area contributed by atoms with Gasteiger partial charge in [-0.15, -0.1) is 0 Å². The zero-order valence-corrected chi connectivity index (χ0v) is 24.0. The minimum Gasteiger partial charge on any atom is -0.382 e. The standard InChI is InChI=1S/C23H24F2N8O2S.C4H10O/c1-2-10-27-23-28-12-14(13-29-23)22-31-18-8-7-16(30-20(18)21(26)32-22)15-5-3-6-17(19(15)25)33-36(34,35)11-4-9-24;1-3-5-4-2/h3,5-8,12-13,33H,2,4,9-11H2,1H3,(H2,26,31,32)(H,27,28,29);3-4H2,1-2H3. The monoisotopic (exact) mass is 588 g/mol. The third-order valence-corrected chi connectivity index (χ3v) is 6.86. The molecule has 0 saturated carbocycles. The smallest absolute Gasteiger partial charge is 0.232 e. The number of aromatic nitrogens is 5. The summed E-state index contributed by atoms with van der Waals surface area (Å²) < 4.78 is 58.7. The summed E-state index contributed by atoms with van der Waals surface area (Å²) in [5, 5.41) is 3.08. The number of anilines is 3. The van der Waals surface area contributed by atoms with Crippen LogP contribution in [-0.2, 0) is 14.8 Å². The molecule has 3 aromatic heterocycles. The Balaban J connectivity index is 0.000000850. The van der Waals surface area contributed by atoms with Crippen molar-refractivity contribution in [3.8, 4) is 22.6 Å². The Morgan fingerprint density at radius 2 is 1.73 bits per heavy atom. The van der Waals surface area contributed by atoms with E-state index in [4.69, 9.17) is 10.5 Å². The lowest BCUT2D eigenvalue weighted by Crippen LogP contribution is -2.18. The van der Waals surface area contributed by atoms with Crippen LogP contribution in [0.25, 0.3) is 33.7 Å². The molecule has 14 heteroatoms. The highest BCUT2D eigenvalue weighted by molar-refractivity contribution is 7.92. The molecule has 0 radical (unpaired) electrons. The van der Waals surface area contributed by atoms with E-state index in [2.05, 4.69) is 35.0 Å². The maximum atomic E-state index is 15.2. The van der Waals surface area contributed by atoms with Crippen molar-refractivity contribution in [1.29, 1.82) is 0 Å². The molecular formula is C27H34F2N8O3S. The third kappa shape index (κ3) is 8.72. The number of pyridine rings is 1. The Labute approximate surface area is 238 Å². The number of nitrogens with one attached hydrogen (secondary N) is 2. The highest BCUT2D eigenvalue weighted by atomic mass is 32.2. The average molecular weight is 589 g/mol. The SMILES string of the molecule is CCCNc1ncc(-c2nc(N)c3nc(-c4cccc(NS(=O)(=O)CCCF)c4F)ccc3n2)cn1.CCOCC. The molecule has 3 heterocycles. The van der Waals surface area contributed by atoms with Gasteiger partial charge in [0.2, 0.25) is 16.0 Å². The predicted molar refractivity (Wildman–Crippen MR) is 157 cm³/mol. The first-order valence-electron chi connectivity index (χ1n) is 13.2. The summed E-state index contributed by atoms with van der Waals surface area (Å²) in [6, 6.07) is 7.39. The number of hydrogen-bond acceptors (Lipinski definition) is 10. The third-order valence-electron chi connectivity index (χ3n) is 5.51. The van der Waals surface area contributed by atoms with E-state index in [-0.39, 0.29) is 34.7 Å². The lowest BCUT2D eigenvalue weighted by atomic mass is 10.1. The van der Waals surface area contributed by atoms with E-state index < -0.39 is 28.3 Å². The number of nitrogens with zero attached hydrogens (tertiary/aromatic N) is 5. The van der Waals surface area contributed by atoms with Gasteiger partial charge in [0.1, 0.15) is 5.52 Å². The lowest BCUT2D eigenvalue weighted by Gasteiger charge is -2.12. The molecular weight excluding hydrogens is 554 g/mol. The van der Waals surface area contributed by atoms with E-state index in [1.54, 1.807) is 24.5 Å². The fraction of sp³-hybridized carbons (Fsp3) is 0.370. The van der Waals surface area contributed by atoms with E-state index >= 15 is 4.39 Å². The number of nitrogens with two attached hydrogens (primary N) is 1. The van der Waals surface area contributed by atoms with Crippen LogP contribution in [0.4, 0.5) is 26.2 Å². The van der Waals surface area contributed by atoms with Crippen LogP contribution in [0, 0.1) is 5.82 Å². The molecule has 0 amide bonds. The van der Waals surface area contributed by atoms with E-state index in [0.29, 0.717) is 22.9 Å². The number of halogens is 2. The Morgan fingerprint density at radius 3 is 2.37 bits per heavy atom. The zero-order chi connectivity index (χ0) is 29.8. The fourth-order valence-electron chi connectivity index (χ4n) is 3.56. The van der Waals surface area contributed by atoms with Crippen LogP contribution >= 0.6 is 0 Å². The van der Waals surface area contributed by atoms with Gasteiger partial charge in [-0.05, 0) is 51.0 Å². The second-order valence-corrected chi connectivity index (χ2v) is 10.5. The molecule has 0 atom stereocenters. The Kier molecular flexibility index (Phi) is 11.6. The molecule has 0 aliphatic heterocycles. The van der Waals surface area contributed by atoms with Crippen molar-refractivity contribution in [2.75, 3.05) is 48.0 Å². The van der Waals surface area contributed by atoms with Gasteiger partial charge in [-0.1, -0.05) is 13.0 Å². The molecule has 1 aromatic carbocycles. The molecule has 0 fully saturated rings. The van der Waals surface area contributed by atoms with Gasteiger partial charge in [0.15, 0.2) is 17.5 Å². The molecule has 220 valence electrons. The molecule has 4 rings (SSSR count). The van der Waals surface area contributed by atoms with Gasteiger partial charge in [-0.3, -0.25) is 9.11 Å². The molecule has 41 heavy (non-hydrogen) atoms. The van der Waals surface area contributed by atoms with Crippen molar-refractivity contribution in [2.24, 2.45) is 0 Å². The van der Waals surface area contributed by atoms with Crippen molar-refractivity contribution in [2.45, 2.75) is 33.6 Å². The second kappa shape index (κ2) is 15.1. The normalized spacial score (nSPS) is 11.1. The van der Waals surface area contributed by atoms with Gasteiger partial charge in [0, 0.05) is 37.7 Å². The van der Waals surface area contributed by atoms with Crippen LogP contribution in [0.15, 0.2) is 42.7 Å². The average Bonchev–Trinajstić information content (AvgIpc) is 2.97. The molecule has 0 aliphatic carbocycles. The maximum Gasteiger partial charge on any atom is 0.232 e. The fourth-order valence-corrected chi connectivity index (χ4v) is 4.65. The Bertz CT molecular complexity index is 1540. The topological polar surface area (TPSA) is 158 Å². The number of hydrogen-bond donors (Lipinski definition) is 3. The number of sulfonamides is 1. The lowest BCUT2D eigenvalue weighted by molar-refractivity contribution is 0.162. The first-order chi connectivity index (χ1) is 19.7. The molecule has 0 spiro atoms. The number of rotatable bonds is 12. The summed E-state index contributed by atoms with van der Waals surface area (Å²) in [5.74, 6) is -0.394. The molecule has 0 aliphatic rings. The molecule has 11 nitrogen and oxygen atoms in total. The summed E-state index contributed by atoms with van der Waals surface area (Å²) >= 11 is 0. The molecule has 4 N–H and O–H groups in total. The highest BCUT2D eigenvalue weighted by Gasteiger charge is 2.18. The van der Waals surface area contributed by atoms with Crippen molar-refractivity contribution >= 4 is 38.5 Å². The Hall–Kier alpha value is -4.04. The summed E-state index contributed by atoms with van der Waals surface area (Å²) in [5.41, 5.74) is 7.40. The highest BCUT2D eigenvalue weighted by Crippen LogP contribution is 2.30. The Morgan fingerprint density at radius 1 is 1.00 bits per heavy atom. The summed E-state index contributed by atoms with van der Waals surface area (Å²) in [4.78, 5) is 21.7. The van der Waals surface area contributed by atoms with Gasteiger partial charge in [-0.25, -0.2) is 37.7 Å². The largest absolute Gasteiger partial charge is 0.382 e. The second-order valence-electron chi connectivity index (χ2n) is 8.63. The van der Waals surface area contributed by atoms with Crippen LogP contribution in [0.2, 0.25) is 0 Å². The van der Waals surface area contributed by atoms with E-state index in [0.717, 1.165) is 26.2 Å². The molecule has 0 bridgehead atoms. The van der Waals surface area contributed by atoms with Gasteiger partial charge >= 0.3 is 0 Å². The number of benzene rings is 1. The number of fused-ring (bicyclic) bond motifs is 1. The predicted octanol–water partition coefficient (Wildman–Crippen LogP) is 4.84. The minimum absolute atomic E-state index is 0.0506. The van der Waals surface area contributed by atoms with Crippen LogP contribution in [0.5, 0.6) is 0 Å². The van der Waals surface area contributed by atoms with Gasteiger partial charge in [0.25, 0.3) is 0 Å². The van der Waals surface area contributed by atoms with E-state index in [1.807, 2.05) is 20.8 Å². The first kappa shape index (κ1) is 31.5. The first-order valence-corrected chi connectivity index (χ1v) is 14.8. The zero-order valence-electron chi connectivity index (χ0n) is 23.2. The van der Waals surface area contributed by atoms with Crippen LogP contribution in [-0.4, -0.2) is 65.5 Å². The summed E-state index contributed by atoms with van der Waals surface area (Å²) in [7, 11) is -3.90. The van der Waals surface area contributed by atoms with Gasteiger partial charge in [-0.2, -0.15) is 0 Å². The van der Waals surface area contributed by atoms with Crippen LogP contribution < -0.4 is 15.8 Å². The van der Waals surface area contributed by atoms with Gasteiger partial charge in [0.05, 0.1) is 34.9 Å². The quantitative estimate of drug-likeness (QED) is 0.209. The van der Waals surface area contributed by atoms with Crippen molar-refractivity contribution < 1.29 is 21.9 Å². The van der Waals surface area contributed by atoms with Crippen molar-refractivity contribution in [3.05, 3.63) is 48.5 Å². The van der Waals surface area contributed by atoms with Crippen molar-refractivity contribution in [1.82, 2.24) is 24.9 Å². The van der Waals surface area contributed by atoms with Crippen LogP contribution in [0.1, 0.15) is 33.6 Å². The molecule has 4 aromatic rings. The van der Waals surface area contributed by atoms with Crippen LogP contribution in [0.3, 0.4) is 0 Å². The van der Waals surface area contributed by atoms with Gasteiger partial charge < -0.3 is 15.8 Å². The molecule has 0 saturated heterocycles. The van der Waals surface area contributed by atoms with Crippen molar-refractivity contribution in [3.63, 3.8) is 0 Å².